The zero-order valence-electron chi connectivity index (χ0n) is 19.5. The molecule has 2 rings (SSSR count). The van der Waals surface area contributed by atoms with Gasteiger partial charge in [-0.2, -0.15) is 0 Å². The van der Waals surface area contributed by atoms with E-state index < -0.39 is 54.5 Å². The quantitative estimate of drug-likeness (QED) is 0.401. The SMILES string of the molecule is CC(=O)Nc1ccc(O[C@@H]2O[C@H](COC(C)=O)[C@H](OC(C)=O)[C@@H](OC(C)=O)[C@H]2NC(C)=O)cc1. The van der Waals surface area contributed by atoms with Crippen LogP contribution in [0, 0.1) is 0 Å². The van der Waals surface area contributed by atoms with Crippen LogP contribution in [0.15, 0.2) is 24.3 Å². The normalized spacial score (nSPS) is 23.7. The predicted molar refractivity (Wildman–Crippen MR) is 115 cm³/mol. The van der Waals surface area contributed by atoms with Crippen molar-refractivity contribution in [3.63, 3.8) is 0 Å². The fourth-order valence-corrected chi connectivity index (χ4v) is 3.35. The van der Waals surface area contributed by atoms with Crippen LogP contribution in [-0.4, -0.2) is 67.0 Å². The number of nitrogens with one attached hydrogen (secondary N) is 2. The van der Waals surface area contributed by atoms with E-state index in [0.29, 0.717) is 11.4 Å². The molecule has 0 spiro atoms. The summed E-state index contributed by atoms with van der Waals surface area (Å²) in [5.74, 6) is -2.45. The molecule has 0 saturated carbocycles. The molecule has 1 aromatic carbocycles. The Morgan fingerprint density at radius 3 is 1.91 bits per heavy atom. The van der Waals surface area contributed by atoms with Gasteiger partial charge in [-0.05, 0) is 24.3 Å². The summed E-state index contributed by atoms with van der Waals surface area (Å²) in [6.07, 6.45) is -4.74. The number of benzene rings is 1. The van der Waals surface area contributed by atoms with Gasteiger partial charge in [0.05, 0.1) is 0 Å². The molecule has 5 atom stereocenters. The Morgan fingerprint density at radius 1 is 0.824 bits per heavy atom. The van der Waals surface area contributed by atoms with Crippen LogP contribution >= 0.6 is 0 Å². The number of carbonyl (C=O) groups excluding carboxylic acids is 5. The minimum atomic E-state index is -1.23. The molecule has 1 aliphatic rings. The van der Waals surface area contributed by atoms with Crippen molar-refractivity contribution < 1.29 is 47.7 Å². The first-order valence-electron chi connectivity index (χ1n) is 10.4. The van der Waals surface area contributed by atoms with Crippen molar-refractivity contribution >= 4 is 35.4 Å². The fourth-order valence-electron chi connectivity index (χ4n) is 3.35. The van der Waals surface area contributed by atoms with Crippen molar-refractivity contribution in [2.75, 3.05) is 11.9 Å². The summed E-state index contributed by atoms with van der Waals surface area (Å²) < 4.78 is 27.6. The van der Waals surface area contributed by atoms with E-state index in [1.165, 1.54) is 20.8 Å². The fraction of sp³-hybridized carbons (Fsp3) is 0.500. The number of rotatable bonds is 8. The Bertz CT molecular complexity index is 917. The molecule has 2 N–H and O–H groups in total. The van der Waals surface area contributed by atoms with Crippen LogP contribution in [0.1, 0.15) is 34.6 Å². The zero-order chi connectivity index (χ0) is 25.4. The molecule has 1 fully saturated rings. The van der Waals surface area contributed by atoms with Gasteiger partial charge in [0.2, 0.25) is 18.1 Å². The van der Waals surface area contributed by atoms with Crippen molar-refractivity contribution in [1.29, 1.82) is 0 Å². The largest absolute Gasteiger partial charge is 0.463 e. The van der Waals surface area contributed by atoms with Crippen LogP contribution < -0.4 is 15.4 Å². The van der Waals surface area contributed by atoms with Crippen molar-refractivity contribution in [3.05, 3.63) is 24.3 Å². The van der Waals surface area contributed by atoms with Gasteiger partial charge in [-0.3, -0.25) is 24.0 Å². The Kier molecular flexibility index (Phi) is 9.36. The Morgan fingerprint density at radius 2 is 1.41 bits per heavy atom. The second-order valence-corrected chi connectivity index (χ2v) is 7.54. The minimum absolute atomic E-state index is 0.246. The molecule has 2 amide bonds. The van der Waals surface area contributed by atoms with Crippen molar-refractivity contribution in [3.8, 4) is 5.75 Å². The van der Waals surface area contributed by atoms with E-state index in [9.17, 15) is 24.0 Å². The lowest BCUT2D eigenvalue weighted by Crippen LogP contribution is -2.67. The van der Waals surface area contributed by atoms with Gasteiger partial charge in [0.25, 0.3) is 0 Å². The smallest absolute Gasteiger partial charge is 0.303 e. The van der Waals surface area contributed by atoms with Crippen LogP contribution in [0.2, 0.25) is 0 Å². The molecule has 1 heterocycles. The summed E-state index contributed by atoms with van der Waals surface area (Å²) in [5.41, 5.74) is 0.531. The molecule has 12 nitrogen and oxygen atoms in total. The van der Waals surface area contributed by atoms with Crippen LogP contribution in [0.3, 0.4) is 0 Å². The number of hydrogen-bond acceptors (Lipinski definition) is 10. The van der Waals surface area contributed by atoms with E-state index in [2.05, 4.69) is 10.6 Å². The maximum absolute atomic E-state index is 11.9. The zero-order valence-corrected chi connectivity index (χ0v) is 19.5. The first-order valence-corrected chi connectivity index (χ1v) is 10.4. The van der Waals surface area contributed by atoms with Gasteiger partial charge in [-0.15, -0.1) is 0 Å². The van der Waals surface area contributed by atoms with Gasteiger partial charge in [-0.25, -0.2) is 0 Å². The molecule has 1 saturated heterocycles. The summed E-state index contributed by atoms with van der Waals surface area (Å²) in [6, 6.07) is 5.21. The van der Waals surface area contributed by atoms with Crippen molar-refractivity contribution in [2.24, 2.45) is 0 Å². The topological polar surface area (TPSA) is 156 Å². The molecular formula is C22H28N2O10. The third kappa shape index (κ3) is 8.03. The maximum atomic E-state index is 11.9. The van der Waals surface area contributed by atoms with E-state index in [4.69, 9.17) is 23.7 Å². The summed E-state index contributed by atoms with van der Waals surface area (Å²) in [6.45, 7) is 5.78. The van der Waals surface area contributed by atoms with Crippen molar-refractivity contribution in [1.82, 2.24) is 5.32 Å². The highest BCUT2D eigenvalue weighted by Gasteiger charge is 2.51. The first kappa shape index (κ1) is 26.6. The molecule has 1 aromatic rings. The number of hydrogen-bond donors (Lipinski definition) is 2. The molecule has 186 valence electrons. The molecule has 0 bridgehead atoms. The number of amides is 2. The third-order valence-corrected chi connectivity index (χ3v) is 4.50. The van der Waals surface area contributed by atoms with E-state index in [0.717, 1.165) is 13.8 Å². The summed E-state index contributed by atoms with van der Waals surface area (Å²) in [5, 5.41) is 5.23. The summed E-state index contributed by atoms with van der Waals surface area (Å²) >= 11 is 0. The summed E-state index contributed by atoms with van der Waals surface area (Å²) in [7, 11) is 0. The monoisotopic (exact) mass is 480 g/mol. The van der Waals surface area contributed by atoms with Crippen LogP contribution in [0.4, 0.5) is 5.69 Å². The summed E-state index contributed by atoms with van der Waals surface area (Å²) in [4.78, 5) is 58.2. The van der Waals surface area contributed by atoms with Crippen LogP contribution in [-0.2, 0) is 42.9 Å². The van der Waals surface area contributed by atoms with E-state index >= 15 is 0 Å². The molecular weight excluding hydrogens is 452 g/mol. The minimum Gasteiger partial charge on any atom is -0.463 e. The second kappa shape index (κ2) is 12.0. The van der Waals surface area contributed by atoms with Gasteiger partial charge in [0.15, 0.2) is 12.2 Å². The lowest BCUT2D eigenvalue weighted by atomic mass is 9.96. The highest BCUT2D eigenvalue weighted by atomic mass is 16.7. The molecule has 0 unspecified atom stereocenters. The van der Waals surface area contributed by atoms with Gasteiger partial charge in [-0.1, -0.05) is 0 Å². The second-order valence-electron chi connectivity index (χ2n) is 7.54. The third-order valence-electron chi connectivity index (χ3n) is 4.50. The molecule has 0 aliphatic carbocycles. The molecule has 12 heteroatoms. The first-order chi connectivity index (χ1) is 16.0. The lowest BCUT2D eigenvalue weighted by Gasteiger charge is -2.44. The van der Waals surface area contributed by atoms with Gasteiger partial charge in [0.1, 0.15) is 24.5 Å². The van der Waals surface area contributed by atoms with Gasteiger partial charge in [0, 0.05) is 40.3 Å². The van der Waals surface area contributed by atoms with Gasteiger partial charge < -0.3 is 34.3 Å². The number of ether oxygens (including phenoxy) is 5. The Hall–Kier alpha value is -3.67. The average Bonchev–Trinajstić information content (AvgIpc) is 2.71. The number of esters is 3. The van der Waals surface area contributed by atoms with E-state index in [1.807, 2.05) is 0 Å². The standard InChI is InChI=1S/C22H28N2O10/c1-11(25)23-16-6-8-17(9-7-16)33-22-19(24-12(2)26)21(32-15(5)29)20(31-14(4)28)18(34-22)10-30-13(3)27/h6-9,18-22H,10H2,1-5H3,(H,23,25)(H,24,26)/t18-,19-,20+,21+,22-/m1/s1. The van der Waals surface area contributed by atoms with E-state index in [-0.39, 0.29) is 12.5 Å². The molecule has 0 aromatic heterocycles. The number of carbonyl (C=O) groups is 5. The van der Waals surface area contributed by atoms with Crippen LogP contribution in [0.25, 0.3) is 0 Å². The molecule has 1 aliphatic heterocycles. The van der Waals surface area contributed by atoms with Crippen LogP contribution in [0.5, 0.6) is 5.75 Å². The molecule has 0 radical (unpaired) electrons. The number of anilines is 1. The lowest BCUT2D eigenvalue weighted by molar-refractivity contribution is -0.257. The highest BCUT2D eigenvalue weighted by Crippen LogP contribution is 2.29. The van der Waals surface area contributed by atoms with Crippen molar-refractivity contribution in [2.45, 2.75) is 65.3 Å². The average molecular weight is 480 g/mol. The maximum Gasteiger partial charge on any atom is 0.303 e. The highest BCUT2D eigenvalue weighted by molar-refractivity contribution is 5.88. The Labute approximate surface area is 196 Å². The van der Waals surface area contributed by atoms with Gasteiger partial charge >= 0.3 is 17.9 Å². The Balaban J connectivity index is 2.40. The predicted octanol–water partition coefficient (Wildman–Crippen LogP) is 0.680. The molecule has 34 heavy (non-hydrogen) atoms. The van der Waals surface area contributed by atoms with E-state index in [1.54, 1.807) is 24.3 Å².